The van der Waals surface area contributed by atoms with Crippen LogP contribution in [0.1, 0.15) is 30.9 Å². The highest BCUT2D eigenvalue weighted by Crippen LogP contribution is 2.25. The van der Waals surface area contributed by atoms with Crippen molar-refractivity contribution in [2.45, 2.75) is 32.2 Å². The van der Waals surface area contributed by atoms with E-state index in [0.717, 1.165) is 11.3 Å². The van der Waals surface area contributed by atoms with Crippen LogP contribution in [-0.2, 0) is 11.2 Å². The third-order valence-electron chi connectivity index (χ3n) is 3.84. The van der Waals surface area contributed by atoms with Crippen molar-refractivity contribution >= 4 is 5.91 Å². The van der Waals surface area contributed by atoms with Gasteiger partial charge in [-0.2, -0.15) is 0 Å². The van der Waals surface area contributed by atoms with Crippen LogP contribution in [0.15, 0.2) is 54.6 Å². The molecule has 0 saturated heterocycles. The summed E-state index contributed by atoms with van der Waals surface area (Å²) >= 11 is 0. The molecule has 0 aliphatic rings. The lowest BCUT2D eigenvalue weighted by molar-refractivity contribution is -0.122. The van der Waals surface area contributed by atoms with Crippen molar-refractivity contribution in [3.63, 3.8) is 0 Å². The van der Waals surface area contributed by atoms with Gasteiger partial charge in [-0.1, -0.05) is 62.4 Å². The Hall–Kier alpha value is -2.33. The molecule has 2 aromatic rings. The van der Waals surface area contributed by atoms with Gasteiger partial charge in [0.2, 0.25) is 5.91 Å². The summed E-state index contributed by atoms with van der Waals surface area (Å²) in [7, 11) is 0. The van der Waals surface area contributed by atoms with E-state index in [2.05, 4.69) is 25.2 Å². The second kappa shape index (κ2) is 9.08. The molecule has 0 bridgehead atoms. The number of rotatable bonds is 8. The number of carbonyl (C=O) groups is 1. The minimum Gasteiger partial charge on any atom is -0.491 e. The first kappa shape index (κ1) is 18.0. The molecular formula is C20H26N2O2. The van der Waals surface area contributed by atoms with Crippen LogP contribution in [0.3, 0.4) is 0 Å². The number of benzene rings is 2. The van der Waals surface area contributed by atoms with E-state index < -0.39 is 6.04 Å². The quantitative estimate of drug-likeness (QED) is 0.733. The predicted octanol–water partition coefficient (Wildman–Crippen LogP) is 2.88. The molecule has 0 saturated carbocycles. The van der Waals surface area contributed by atoms with Crippen LogP contribution in [0.4, 0.5) is 0 Å². The Kier molecular flexibility index (Phi) is 6.82. The molecule has 0 heterocycles. The van der Waals surface area contributed by atoms with Crippen molar-refractivity contribution in [1.82, 2.24) is 5.32 Å². The molecule has 0 fully saturated rings. The van der Waals surface area contributed by atoms with Crippen LogP contribution >= 0.6 is 0 Å². The van der Waals surface area contributed by atoms with E-state index in [9.17, 15) is 4.79 Å². The standard InChI is InChI=1S/C20H26N2O2/c1-15(2)17-10-6-7-11-19(17)24-13-12-22-20(23)18(21)14-16-8-4-3-5-9-16/h3-11,15,18H,12-14,21H2,1-2H3,(H,22,23)/t18-/m0/s1. The van der Waals surface area contributed by atoms with Crippen LogP contribution in [0, 0.1) is 0 Å². The molecule has 0 unspecified atom stereocenters. The van der Waals surface area contributed by atoms with Gasteiger partial charge < -0.3 is 15.8 Å². The summed E-state index contributed by atoms with van der Waals surface area (Å²) in [5.74, 6) is 1.12. The maximum absolute atomic E-state index is 12.0. The van der Waals surface area contributed by atoms with Crippen LogP contribution in [-0.4, -0.2) is 25.1 Å². The molecule has 1 amide bonds. The summed E-state index contributed by atoms with van der Waals surface area (Å²) in [6.07, 6.45) is 0.531. The zero-order valence-corrected chi connectivity index (χ0v) is 14.4. The Labute approximate surface area is 144 Å². The second-order valence-electron chi connectivity index (χ2n) is 6.13. The SMILES string of the molecule is CC(C)c1ccccc1OCCNC(=O)[C@@H](N)Cc1ccccc1. The highest BCUT2D eigenvalue weighted by Gasteiger charge is 2.13. The average molecular weight is 326 g/mol. The smallest absolute Gasteiger partial charge is 0.237 e. The molecule has 3 N–H and O–H groups in total. The number of hydrogen-bond acceptors (Lipinski definition) is 3. The number of amides is 1. The minimum absolute atomic E-state index is 0.153. The molecule has 0 radical (unpaired) electrons. The summed E-state index contributed by atoms with van der Waals surface area (Å²) in [6.45, 7) is 5.13. The topological polar surface area (TPSA) is 64.3 Å². The van der Waals surface area contributed by atoms with E-state index in [0.29, 0.717) is 25.5 Å². The molecule has 0 aliphatic heterocycles. The van der Waals surface area contributed by atoms with Gasteiger partial charge in [-0.3, -0.25) is 4.79 Å². The Bertz CT molecular complexity index is 641. The summed E-state index contributed by atoms with van der Waals surface area (Å²) < 4.78 is 5.79. The first-order valence-electron chi connectivity index (χ1n) is 8.37. The summed E-state index contributed by atoms with van der Waals surface area (Å²) in [4.78, 5) is 12.0. The van der Waals surface area contributed by atoms with Gasteiger partial charge >= 0.3 is 0 Å². The lowest BCUT2D eigenvalue weighted by atomic mass is 10.0. The fourth-order valence-electron chi connectivity index (χ4n) is 2.52. The number of hydrogen-bond donors (Lipinski definition) is 2. The fourth-order valence-corrected chi connectivity index (χ4v) is 2.52. The third kappa shape index (κ3) is 5.39. The van der Waals surface area contributed by atoms with Gasteiger partial charge in [-0.15, -0.1) is 0 Å². The van der Waals surface area contributed by atoms with Gasteiger partial charge in [0, 0.05) is 0 Å². The highest BCUT2D eigenvalue weighted by molar-refractivity contribution is 5.81. The Balaban J connectivity index is 1.75. The van der Waals surface area contributed by atoms with E-state index in [4.69, 9.17) is 10.5 Å². The normalized spacial score (nSPS) is 12.0. The van der Waals surface area contributed by atoms with Gasteiger partial charge in [0.25, 0.3) is 0 Å². The van der Waals surface area contributed by atoms with Gasteiger partial charge in [-0.25, -0.2) is 0 Å². The zero-order valence-electron chi connectivity index (χ0n) is 14.4. The summed E-state index contributed by atoms with van der Waals surface area (Å²) in [5, 5.41) is 2.83. The van der Waals surface area contributed by atoms with Crippen LogP contribution in [0.5, 0.6) is 5.75 Å². The van der Waals surface area contributed by atoms with E-state index in [1.54, 1.807) is 0 Å². The van der Waals surface area contributed by atoms with Crippen molar-refractivity contribution < 1.29 is 9.53 Å². The van der Waals surface area contributed by atoms with E-state index >= 15 is 0 Å². The maximum atomic E-state index is 12.0. The van der Waals surface area contributed by atoms with Gasteiger partial charge in [0.15, 0.2) is 0 Å². The Morgan fingerprint density at radius 1 is 1.08 bits per heavy atom. The molecule has 1 atom stereocenters. The van der Waals surface area contributed by atoms with E-state index in [1.165, 1.54) is 5.56 Å². The molecule has 2 aromatic carbocycles. The van der Waals surface area contributed by atoms with Crippen molar-refractivity contribution in [3.05, 3.63) is 65.7 Å². The molecule has 4 heteroatoms. The van der Waals surface area contributed by atoms with E-state index in [-0.39, 0.29) is 5.91 Å². The first-order valence-corrected chi connectivity index (χ1v) is 8.37. The fraction of sp³-hybridized carbons (Fsp3) is 0.350. The van der Waals surface area contributed by atoms with Crippen molar-refractivity contribution in [2.75, 3.05) is 13.2 Å². The average Bonchev–Trinajstić information content (AvgIpc) is 2.59. The minimum atomic E-state index is -0.546. The van der Waals surface area contributed by atoms with Crippen LogP contribution in [0.25, 0.3) is 0 Å². The van der Waals surface area contributed by atoms with E-state index in [1.807, 2.05) is 48.5 Å². The molecule has 4 nitrogen and oxygen atoms in total. The van der Waals surface area contributed by atoms with Crippen molar-refractivity contribution in [1.29, 1.82) is 0 Å². The molecule has 24 heavy (non-hydrogen) atoms. The van der Waals surface area contributed by atoms with Gasteiger partial charge in [0.1, 0.15) is 12.4 Å². The number of nitrogens with one attached hydrogen (secondary N) is 1. The largest absolute Gasteiger partial charge is 0.491 e. The second-order valence-corrected chi connectivity index (χ2v) is 6.13. The first-order chi connectivity index (χ1) is 11.6. The van der Waals surface area contributed by atoms with Crippen LogP contribution in [0.2, 0.25) is 0 Å². The van der Waals surface area contributed by atoms with Gasteiger partial charge in [-0.05, 0) is 29.5 Å². The number of ether oxygens (including phenoxy) is 1. The highest BCUT2D eigenvalue weighted by atomic mass is 16.5. The molecule has 2 rings (SSSR count). The maximum Gasteiger partial charge on any atom is 0.237 e. The Morgan fingerprint density at radius 2 is 1.75 bits per heavy atom. The predicted molar refractivity (Wildman–Crippen MR) is 97.2 cm³/mol. The lowest BCUT2D eigenvalue weighted by Crippen LogP contribution is -2.43. The van der Waals surface area contributed by atoms with Gasteiger partial charge in [0.05, 0.1) is 12.6 Å². The molecular weight excluding hydrogens is 300 g/mol. The lowest BCUT2D eigenvalue weighted by Gasteiger charge is -2.15. The molecule has 128 valence electrons. The zero-order chi connectivity index (χ0) is 17.4. The third-order valence-corrected chi connectivity index (χ3v) is 3.84. The monoisotopic (exact) mass is 326 g/mol. The number of carbonyl (C=O) groups excluding carboxylic acids is 1. The van der Waals surface area contributed by atoms with Crippen LogP contribution < -0.4 is 15.8 Å². The molecule has 0 aromatic heterocycles. The molecule has 0 aliphatic carbocycles. The molecule has 0 spiro atoms. The van der Waals surface area contributed by atoms with Crippen molar-refractivity contribution in [3.8, 4) is 5.75 Å². The van der Waals surface area contributed by atoms with Crippen molar-refractivity contribution in [2.24, 2.45) is 5.73 Å². The number of para-hydroxylation sites is 1. The summed E-state index contributed by atoms with van der Waals surface area (Å²) in [6, 6.07) is 17.2. The Morgan fingerprint density at radius 3 is 2.46 bits per heavy atom. The summed E-state index contributed by atoms with van der Waals surface area (Å²) in [5.41, 5.74) is 8.18. The number of nitrogens with two attached hydrogens (primary N) is 1.